The third kappa shape index (κ3) is 3.79. The third-order valence-electron chi connectivity index (χ3n) is 2.87. The quantitative estimate of drug-likeness (QED) is 0.879. The molecule has 0 atom stereocenters. The fraction of sp³-hybridized carbons (Fsp3) is 0.286. The number of aromatic carboxylic acids is 1. The van der Waals surface area contributed by atoms with E-state index in [4.69, 9.17) is 14.4 Å². The van der Waals surface area contributed by atoms with Crippen molar-refractivity contribution >= 4 is 5.97 Å². The van der Waals surface area contributed by atoms with E-state index in [1.165, 1.54) is 19.2 Å². The topological polar surface area (TPSA) is 75.8 Å². The van der Waals surface area contributed by atoms with E-state index in [-0.39, 0.29) is 11.4 Å². The van der Waals surface area contributed by atoms with E-state index in [0.29, 0.717) is 18.8 Å². The minimum absolute atomic E-state index is 0.131. The van der Waals surface area contributed by atoms with Gasteiger partial charge in [0.05, 0.1) is 13.7 Å². The molecule has 0 bridgehead atoms. The number of aromatic nitrogens is 1. The van der Waals surface area contributed by atoms with E-state index in [0.717, 1.165) is 5.56 Å². The van der Waals surface area contributed by atoms with Crippen molar-refractivity contribution in [1.82, 2.24) is 10.1 Å². The maximum atomic E-state index is 13.6. The molecule has 0 radical (unpaired) electrons. The van der Waals surface area contributed by atoms with Gasteiger partial charge < -0.3 is 14.4 Å². The van der Waals surface area contributed by atoms with Gasteiger partial charge in [-0.1, -0.05) is 11.2 Å². The second kappa shape index (κ2) is 6.36. The smallest absolute Gasteiger partial charge is 0.358 e. The Bertz CT molecular complexity index is 642. The average Bonchev–Trinajstić information content (AvgIpc) is 2.87. The van der Waals surface area contributed by atoms with Crippen LogP contribution in [0.3, 0.4) is 0 Å². The maximum Gasteiger partial charge on any atom is 0.358 e. The van der Waals surface area contributed by atoms with Gasteiger partial charge >= 0.3 is 5.97 Å². The Hall–Kier alpha value is -2.41. The Morgan fingerprint density at radius 3 is 2.76 bits per heavy atom. The van der Waals surface area contributed by atoms with Gasteiger partial charge in [0.15, 0.2) is 23.0 Å². The van der Waals surface area contributed by atoms with Crippen LogP contribution in [0.4, 0.5) is 4.39 Å². The van der Waals surface area contributed by atoms with Crippen molar-refractivity contribution in [2.75, 3.05) is 14.2 Å². The summed E-state index contributed by atoms with van der Waals surface area (Å²) in [5, 5.41) is 12.2. The summed E-state index contributed by atoms with van der Waals surface area (Å²) in [5.74, 6) is -0.923. The SMILES string of the molecule is COc1ccc(CN(C)Cc2cc(C(=O)O)no2)cc1F. The Morgan fingerprint density at radius 2 is 2.19 bits per heavy atom. The standard InChI is InChI=1S/C14H15FN2O4/c1-17(8-10-6-12(14(18)19)16-21-10)7-9-3-4-13(20-2)11(15)5-9/h3-6H,7-8H2,1-2H3,(H,18,19). The lowest BCUT2D eigenvalue weighted by atomic mass is 10.2. The molecular weight excluding hydrogens is 279 g/mol. The molecule has 112 valence electrons. The van der Waals surface area contributed by atoms with Crippen LogP contribution in [0.25, 0.3) is 0 Å². The van der Waals surface area contributed by atoms with Crippen LogP contribution in [0.5, 0.6) is 5.75 Å². The monoisotopic (exact) mass is 294 g/mol. The molecule has 0 amide bonds. The van der Waals surface area contributed by atoms with Gasteiger partial charge in [-0.05, 0) is 24.7 Å². The molecule has 0 aliphatic rings. The fourth-order valence-electron chi connectivity index (χ4n) is 1.93. The number of ether oxygens (including phenoxy) is 1. The normalized spacial score (nSPS) is 10.9. The maximum absolute atomic E-state index is 13.6. The first-order valence-electron chi connectivity index (χ1n) is 6.19. The molecule has 1 heterocycles. The predicted molar refractivity (Wildman–Crippen MR) is 71.6 cm³/mol. The molecular formula is C14H15FN2O4. The summed E-state index contributed by atoms with van der Waals surface area (Å²) >= 11 is 0. The van der Waals surface area contributed by atoms with Crippen LogP contribution in [-0.4, -0.2) is 35.3 Å². The van der Waals surface area contributed by atoms with Crippen molar-refractivity contribution in [2.45, 2.75) is 13.1 Å². The third-order valence-corrected chi connectivity index (χ3v) is 2.87. The molecule has 6 nitrogen and oxygen atoms in total. The summed E-state index contributed by atoms with van der Waals surface area (Å²) in [7, 11) is 3.22. The summed E-state index contributed by atoms with van der Waals surface area (Å²) in [6.45, 7) is 0.845. The van der Waals surface area contributed by atoms with Crippen LogP contribution in [0.1, 0.15) is 21.8 Å². The number of hydrogen-bond donors (Lipinski definition) is 1. The van der Waals surface area contributed by atoms with Crippen LogP contribution < -0.4 is 4.74 Å². The molecule has 0 fully saturated rings. The lowest BCUT2D eigenvalue weighted by Crippen LogP contribution is -2.17. The number of benzene rings is 1. The summed E-state index contributed by atoms with van der Waals surface area (Å²) in [4.78, 5) is 12.6. The van der Waals surface area contributed by atoms with Crippen molar-refractivity contribution in [3.8, 4) is 5.75 Å². The highest BCUT2D eigenvalue weighted by Gasteiger charge is 2.13. The number of carboxylic acid groups (broad SMARTS) is 1. The predicted octanol–water partition coefficient (Wildman–Crippen LogP) is 2.15. The molecule has 1 aromatic heterocycles. The van der Waals surface area contributed by atoms with E-state index in [1.807, 2.05) is 11.9 Å². The molecule has 0 aliphatic heterocycles. The number of nitrogens with zero attached hydrogens (tertiary/aromatic N) is 2. The highest BCUT2D eigenvalue weighted by molar-refractivity contribution is 5.85. The zero-order chi connectivity index (χ0) is 15.4. The second-order valence-electron chi connectivity index (χ2n) is 4.62. The highest BCUT2D eigenvalue weighted by Crippen LogP contribution is 2.19. The van der Waals surface area contributed by atoms with Gasteiger partial charge in [-0.2, -0.15) is 0 Å². The Balaban J connectivity index is 1.99. The summed E-state index contributed by atoms with van der Waals surface area (Å²) in [5.41, 5.74) is 0.641. The summed E-state index contributed by atoms with van der Waals surface area (Å²) in [6.07, 6.45) is 0. The highest BCUT2D eigenvalue weighted by atomic mass is 19.1. The van der Waals surface area contributed by atoms with Crippen LogP contribution in [0.15, 0.2) is 28.8 Å². The van der Waals surface area contributed by atoms with Gasteiger partial charge in [-0.3, -0.25) is 4.90 Å². The Morgan fingerprint density at radius 1 is 1.43 bits per heavy atom. The van der Waals surface area contributed by atoms with E-state index in [2.05, 4.69) is 5.16 Å². The van der Waals surface area contributed by atoms with E-state index in [9.17, 15) is 9.18 Å². The lowest BCUT2D eigenvalue weighted by molar-refractivity contribution is 0.0685. The number of rotatable bonds is 6. The van der Waals surface area contributed by atoms with Gasteiger partial charge in [-0.15, -0.1) is 0 Å². The van der Waals surface area contributed by atoms with Crippen molar-refractivity contribution in [2.24, 2.45) is 0 Å². The van der Waals surface area contributed by atoms with Crippen LogP contribution in [0.2, 0.25) is 0 Å². The van der Waals surface area contributed by atoms with Crippen molar-refractivity contribution in [3.63, 3.8) is 0 Å². The van der Waals surface area contributed by atoms with E-state index in [1.54, 1.807) is 12.1 Å². The van der Waals surface area contributed by atoms with Gasteiger partial charge in [0, 0.05) is 12.6 Å². The Labute approximate surface area is 120 Å². The molecule has 2 aromatic rings. The van der Waals surface area contributed by atoms with Gasteiger partial charge in [0.2, 0.25) is 0 Å². The first-order chi connectivity index (χ1) is 9.99. The van der Waals surface area contributed by atoms with Crippen LogP contribution in [-0.2, 0) is 13.1 Å². The number of hydrogen-bond acceptors (Lipinski definition) is 5. The number of halogens is 1. The molecule has 1 N–H and O–H groups in total. The van der Waals surface area contributed by atoms with E-state index < -0.39 is 11.8 Å². The summed E-state index contributed by atoms with van der Waals surface area (Å²) < 4.78 is 23.4. The van der Waals surface area contributed by atoms with Gasteiger partial charge in [0.25, 0.3) is 0 Å². The fourth-order valence-corrected chi connectivity index (χ4v) is 1.93. The largest absolute Gasteiger partial charge is 0.494 e. The zero-order valence-electron chi connectivity index (χ0n) is 11.7. The average molecular weight is 294 g/mol. The first kappa shape index (κ1) is 15.0. The number of carboxylic acids is 1. The van der Waals surface area contributed by atoms with Crippen molar-refractivity contribution in [1.29, 1.82) is 0 Å². The molecule has 0 aliphatic carbocycles. The van der Waals surface area contributed by atoms with Gasteiger partial charge in [0.1, 0.15) is 0 Å². The molecule has 7 heteroatoms. The van der Waals surface area contributed by atoms with Crippen LogP contribution in [0, 0.1) is 5.82 Å². The molecule has 0 unspecified atom stereocenters. The van der Waals surface area contributed by atoms with Crippen molar-refractivity contribution in [3.05, 3.63) is 47.1 Å². The second-order valence-corrected chi connectivity index (χ2v) is 4.62. The molecule has 21 heavy (non-hydrogen) atoms. The van der Waals surface area contributed by atoms with Gasteiger partial charge in [-0.25, -0.2) is 9.18 Å². The van der Waals surface area contributed by atoms with Crippen LogP contribution >= 0.6 is 0 Å². The van der Waals surface area contributed by atoms with E-state index >= 15 is 0 Å². The number of methoxy groups -OCH3 is 1. The summed E-state index contributed by atoms with van der Waals surface area (Å²) in [6, 6.07) is 6.10. The Kier molecular flexibility index (Phi) is 4.54. The number of carbonyl (C=O) groups is 1. The minimum atomic E-state index is -1.13. The molecule has 1 aromatic carbocycles. The molecule has 0 spiro atoms. The van der Waals surface area contributed by atoms with Crippen molar-refractivity contribution < 1.29 is 23.6 Å². The minimum Gasteiger partial charge on any atom is -0.494 e. The molecule has 0 saturated carbocycles. The molecule has 2 rings (SSSR count). The lowest BCUT2D eigenvalue weighted by Gasteiger charge is -2.15. The molecule has 0 saturated heterocycles. The first-order valence-corrected chi connectivity index (χ1v) is 6.19. The zero-order valence-corrected chi connectivity index (χ0v) is 11.7.